The first-order chi connectivity index (χ1) is 9.01. The number of para-hydroxylation sites is 1. The molecule has 1 fully saturated rings. The van der Waals surface area contributed by atoms with Gasteiger partial charge in [0.2, 0.25) is 0 Å². The predicted molar refractivity (Wildman–Crippen MR) is 67.5 cm³/mol. The summed E-state index contributed by atoms with van der Waals surface area (Å²) in [6.07, 6.45) is 0.419. The highest BCUT2D eigenvalue weighted by molar-refractivity contribution is 5.79. The fourth-order valence-electron chi connectivity index (χ4n) is 2.13. The summed E-state index contributed by atoms with van der Waals surface area (Å²) in [6, 6.07) is 6.19. The van der Waals surface area contributed by atoms with Gasteiger partial charge in [-0.15, -0.1) is 0 Å². The zero-order valence-electron chi connectivity index (χ0n) is 10.5. The van der Waals surface area contributed by atoms with Crippen LogP contribution in [0.3, 0.4) is 0 Å². The molecule has 6 heteroatoms. The number of ether oxygens (including phenoxy) is 1. The molecule has 1 aromatic rings. The lowest BCUT2D eigenvalue weighted by Crippen LogP contribution is -2.50. The SMILES string of the molecule is NC1(C(=O)O)CCN(CCOc2ccccc2F)C1. The molecule has 0 spiro atoms. The van der Waals surface area contributed by atoms with Crippen LogP contribution in [0.1, 0.15) is 6.42 Å². The number of halogens is 1. The van der Waals surface area contributed by atoms with E-state index in [4.69, 9.17) is 15.6 Å². The number of carboxylic acids is 1. The smallest absolute Gasteiger partial charge is 0.325 e. The summed E-state index contributed by atoms with van der Waals surface area (Å²) in [5.41, 5.74) is 4.59. The Bertz CT molecular complexity index is 469. The molecule has 0 radical (unpaired) electrons. The zero-order chi connectivity index (χ0) is 13.9. The zero-order valence-corrected chi connectivity index (χ0v) is 10.5. The summed E-state index contributed by atoms with van der Waals surface area (Å²) in [5, 5.41) is 9.00. The molecule has 0 bridgehead atoms. The van der Waals surface area contributed by atoms with Crippen LogP contribution in [0.15, 0.2) is 24.3 Å². The monoisotopic (exact) mass is 268 g/mol. The van der Waals surface area contributed by atoms with Gasteiger partial charge in [0.25, 0.3) is 0 Å². The van der Waals surface area contributed by atoms with Gasteiger partial charge in [0, 0.05) is 19.6 Å². The van der Waals surface area contributed by atoms with Crippen molar-refractivity contribution in [3.8, 4) is 5.75 Å². The van der Waals surface area contributed by atoms with Gasteiger partial charge in [-0.2, -0.15) is 0 Å². The van der Waals surface area contributed by atoms with E-state index in [2.05, 4.69) is 0 Å². The third-order valence-corrected chi connectivity index (χ3v) is 3.31. The Morgan fingerprint density at radius 2 is 2.26 bits per heavy atom. The van der Waals surface area contributed by atoms with Crippen LogP contribution in [-0.4, -0.2) is 47.8 Å². The van der Waals surface area contributed by atoms with Crippen LogP contribution in [0.4, 0.5) is 4.39 Å². The van der Waals surface area contributed by atoms with Crippen molar-refractivity contribution >= 4 is 5.97 Å². The molecule has 0 saturated carbocycles. The minimum absolute atomic E-state index is 0.207. The lowest BCUT2D eigenvalue weighted by molar-refractivity contribution is -0.142. The van der Waals surface area contributed by atoms with E-state index in [-0.39, 0.29) is 5.75 Å². The molecular weight excluding hydrogens is 251 g/mol. The maximum atomic E-state index is 13.3. The Kier molecular flexibility index (Phi) is 4.01. The summed E-state index contributed by atoms with van der Waals surface area (Å²) in [4.78, 5) is 12.9. The molecule has 1 unspecified atom stereocenters. The van der Waals surface area contributed by atoms with E-state index in [1.807, 2.05) is 4.90 Å². The van der Waals surface area contributed by atoms with E-state index in [1.165, 1.54) is 6.07 Å². The third kappa shape index (κ3) is 3.21. The Hall–Kier alpha value is -1.66. The number of rotatable bonds is 5. The largest absolute Gasteiger partial charge is 0.489 e. The Morgan fingerprint density at radius 3 is 2.89 bits per heavy atom. The van der Waals surface area contributed by atoms with Crippen molar-refractivity contribution < 1.29 is 19.0 Å². The Morgan fingerprint density at radius 1 is 1.53 bits per heavy atom. The number of nitrogens with two attached hydrogens (primary N) is 1. The average molecular weight is 268 g/mol. The van der Waals surface area contributed by atoms with E-state index in [9.17, 15) is 9.18 Å². The highest BCUT2D eigenvalue weighted by Crippen LogP contribution is 2.19. The van der Waals surface area contributed by atoms with E-state index < -0.39 is 17.3 Å². The molecule has 1 aliphatic rings. The first-order valence-corrected chi connectivity index (χ1v) is 6.13. The second-order valence-corrected chi connectivity index (χ2v) is 4.77. The molecule has 1 aliphatic heterocycles. The standard InChI is InChI=1S/C13H17FN2O3/c14-10-3-1-2-4-11(10)19-8-7-16-6-5-13(15,9-16)12(17)18/h1-4H,5-9,15H2,(H,17,18). The van der Waals surface area contributed by atoms with Crippen LogP contribution >= 0.6 is 0 Å². The quantitative estimate of drug-likeness (QED) is 0.822. The van der Waals surface area contributed by atoms with E-state index in [1.54, 1.807) is 18.2 Å². The molecule has 104 valence electrons. The molecule has 1 saturated heterocycles. The molecule has 0 aliphatic carbocycles. The average Bonchev–Trinajstić information content (AvgIpc) is 2.75. The number of likely N-dealkylation sites (tertiary alicyclic amines) is 1. The fourth-order valence-corrected chi connectivity index (χ4v) is 2.13. The molecule has 1 atom stereocenters. The maximum absolute atomic E-state index is 13.3. The van der Waals surface area contributed by atoms with Gasteiger partial charge in [-0.25, -0.2) is 4.39 Å². The number of carbonyl (C=O) groups is 1. The van der Waals surface area contributed by atoms with Gasteiger partial charge in [0.05, 0.1) is 0 Å². The van der Waals surface area contributed by atoms with E-state index in [0.717, 1.165) is 0 Å². The number of carboxylic acid groups (broad SMARTS) is 1. The number of nitrogens with zero attached hydrogens (tertiary/aromatic N) is 1. The minimum Gasteiger partial charge on any atom is -0.489 e. The Labute approximate surface area is 110 Å². The van der Waals surface area contributed by atoms with Crippen LogP contribution in [0.25, 0.3) is 0 Å². The fraction of sp³-hybridized carbons (Fsp3) is 0.462. The molecular formula is C13H17FN2O3. The second-order valence-electron chi connectivity index (χ2n) is 4.77. The number of aliphatic carboxylic acids is 1. The van der Waals surface area contributed by atoms with Crippen molar-refractivity contribution in [2.24, 2.45) is 5.73 Å². The van der Waals surface area contributed by atoms with Crippen molar-refractivity contribution in [1.82, 2.24) is 4.90 Å². The van der Waals surface area contributed by atoms with Crippen LogP contribution in [0.2, 0.25) is 0 Å². The summed E-state index contributed by atoms with van der Waals surface area (Å²) in [5.74, 6) is -1.17. The highest BCUT2D eigenvalue weighted by Gasteiger charge is 2.40. The minimum atomic E-state index is -1.17. The van der Waals surface area contributed by atoms with Gasteiger partial charge in [-0.1, -0.05) is 12.1 Å². The molecule has 0 aromatic heterocycles. The topological polar surface area (TPSA) is 75.8 Å². The van der Waals surface area contributed by atoms with Crippen LogP contribution in [0, 0.1) is 5.82 Å². The summed E-state index contributed by atoms with van der Waals surface area (Å²) in [7, 11) is 0. The van der Waals surface area contributed by atoms with Crippen LogP contribution in [-0.2, 0) is 4.79 Å². The predicted octanol–water partition coefficient (Wildman–Crippen LogP) is 0.692. The van der Waals surface area contributed by atoms with Gasteiger partial charge in [0.15, 0.2) is 11.6 Å². The van der Waals surface area contributed by atoms with Crippen molar-refractivity contribution in [3.05, 3.63) is 30.1 Å². The van der Waals surface area contributed by atoms with E-state index in [0.29, 0.717) is 32.7 Å². The van der Waals surface area contributed by atoms with Crippen molar-refractivity contribution in [2.45, 2.75) is 12.0 Å². The molecule has 1 aromatic carbocycles. The first kappa shape index (κ1) is 13.8. The summed E-state index contributed by atoms with van der Waals surface area (Å²) >= 11 is 0. The van der Waals surface area contributed by atoms with Crippen molar-refractivity contribution in [1.29, 1.82) is 0 Å². The number of hydrogen-bond acceptors (Lipinski definition) is 4. The van der Waals surface area contributed by atoms with Gasteiger partial charge < -0.3 is 15.6 Å². The molecule has 0 amide bonds. The van der Waals surface area contributed by atoms with Gasteiger partial charge in [0.1, 0.15) is 12.1 Å². The lowest BCUT2D eigenvalue weighted by atomic mass is 10.0. The molecule has 3 N–H and O–H groups in total. The van der Waals surface area contributed by atoms with E-state index >= 15 is 0 Å². The normalized spacial score (nSPS) is 23.5. The summed E-state index contributed by atoms with van der Waals surface area (Å²) in [6.45, 7) is 1.74. The van der Waals surface area contributed by atoms with Gasteiger partial charge in [-0.3, -0.25) is 9.69 Å². The van der Waals surface area contributed by atoms with Crippen LogP contribution in [0.5, 0.6) is 5.75 Å². The van der Waals surface area contributed by atoms with Gasteiger partial charge >= 0.3 is 5.97 Å². The first-order valence-electron chi connectivity index (χ1n) is 6.13. The third-order valence-electron chi connectivity index (χ3n) is 3.31. The van der Waals surface area contributed by atoms with Crippen molar-refractivity contribution in [2.75, 3.05) is 26.2 Å². The number of hydrogen-bond donors (Lipinski definition) is 2. The molecule has 1 heterocycles. The second kappa shape index (κ2) is 5.54. The summed E-state index contributed by atoms with van der Waals surface area (Å²) < 4.78 is 18.6. The van der Waals surface area contributed by atoms with Crippen LogP contribution < -0.4 is 10.5 Å². The number of benzene rings is 1. The van der Waals surface area contributed by atoms with Crippen molar-refractivity contribution in [3.63, 3.8) is 0 Å². The molecule has 2 rings (SSSR count). The molecule has 19 heavy (non-hydrogen) atoms. The lowest BCUT2D eigenvalue weighted by Gasteiger charge is -2.20. The highest BCUT2D eigenvalue weighted by atomic mass is 19.1. The van der Waals surface area contributed by atoms with Gasteiger partial charge in [-0.05, 0) is 18.6 Å². The molecule has 5 nitrogen and oxygen atoms in total. The maximum Gasteiger partial charge on any atom is 0.325 e. The Balaban J connectivity index is 1.79.